The minimum Gasteiger partial charge on any atom is -0.388 e. The summed E-state index contributed by atoms with van der Waals surface area (Å²) in [5, 5.41) is 11.0. The molecule has 1 nitrogen and oxygen atoms in total. The van der Waals surface area contributed by atoms with E-state index in [1.54, 1.807) is 0 Å². The summed E-state index contributed by atoms with van der Waals surface area (Å²) in [4.78, 5) is 0. The van der Waals surface area contributed by atoms with Crippen LogP contribution >= 0.6 is 0 Å². The van der Waals surface area contributed by atoms with Gasteiger partial charge in [0, 0.05) is 11.3 Å². The van der Waals surface area contributed by atoms with Gasteiger partial charge in [-0.15, -0.1) is 0 Å². The van der Waals surface area contributed by atoms with Crippen LogP contribution in [0.25, 0.3) is 0 Å². The lowest BCUT2D eigenvalue weighted by molar-refractivity contribution is -0.0508. The highest BCUT2D eigenvalue weighted by atomic mass is 16.3. The molecule has 3 atom stereocenters. The van der Waals surface area contributed by atoms with Gasteiger partial charge in [-0.05, 0) is 46.0 Å². The Bertz CT molecular complexity index is 366. The van der Waals surface area contributed by atoms with Crippen molar-refractivity contribution in [3.05, 3.63) is 23.3 Å². The van der Waals surface area contributed by atoms with E-state index in [1.807, 2.05) is 0 Å². The molecule has 0 aromatic rings. The van der Waals surface area contributed by atoms with Gasteiger partial charge in [0.15, 0.2) is 0 Å². The Balaban J connectivity index is 2.08. The number of aliphatic hydroxyl groups is 1. The molecule has 0 radical (unpaired) electrons. The first-order valence-corrected chi connectivity index (χ1v) is 6.15. The predicted octanol–water partition coefficient (Wildman–Crippen LogP) is 3.20. The van der Waals surface area contributed by atoms with Crippen LogP contribution in [0.15, 0.2) is 23.3 Å². The molecule has 3 aliphatic rings. The van der Waals surface area contributed by atoms with Gasteiger partial charge in [0.2, 0.25) is 0 Å². The average Bonchev–Trinajstić information content (AvgIpc) is 2.54. The van der Waals surface area contributed by atoms with Gasteiger partial charge in [-0.2, -0.15) is 0 Å². The Labute approximate surface area is 91.9 Å². The van der Waals surface area contributed by atoms with Crippen molar-refractivity contribution in [2.75, 3.05) is 0 Å². The standard InChI is InChI=1S/C14H20O/c1-10-3-6-13-7-5-12(11(2)9-13)14(13,15)8-4-10/h3,9,12,15H,4-8H2,1-2H3/t12-,13+,14-/m0/s1. The smallest absolute Gasteiger partial charge is 0.0808 e. The molecule has 15 heavy (non-hydrogen) atoms. The molecule has 3 aliphatic carbocycles. The maximum Gasteiger partial charge on any atom is 0.0808 e. The van der Waals surface area contributed by atoms with E-state index in [4.69, 9.17) is 0 Å². The molecule has 0 aliphatic heterocycles. The summed E-state index contributed by atoms with van der Waals surface area (Å²) in [5.74, 6) is 0.455. The first kappa shape index (κ1) is 9.65. The van der Waals surface area contributed by atoms with Crippen molar-refractivity contribution in [1.82, 2.24) is 0 Å². The Kier molecular flexibility index (Phi) is 1.78. The molecule has 1 N–H and O–H groups in total. The van der Waals surface area contributed by atoms with Crippen LogP contribution < -0.4 is 0 Å². The summed E-state index contributed by atoms with van der Waals surface area (Å²) in [6, 6.07) is 0. The Hall–Kier alpha value is -0.560. The molecule has 0 aromatic carbocycles. The molecular weight excluding hydrogens is 184 g/mol. The van der Waals surface area contributed by atoms with Crippen molar-refractivity contribution in [1.29, 1.82) is 0 Å². The fourth-order valence-electron chi connectivity index (χ4n) is 4.15. The molecule has 2 bridgehead atoms. The van der Waals surface area contributed by atoms with Crippen molar-refractivity contribution >= 4 is 0 Å². The molecule has 0 saturated heterocycles. The normalized spacial score (nSPS) is 48.3. The van der Waals surface area contributed by atoms with Crippen molar-refractivity contribution in [3.8, 4) is 0 Å². The second-order valence-electron chi connectivity index (χ2n) is 5.81. The van der Waals surface area contributed by atoms with Gasteiger partial charge >= 0.3 is 0 Å². The van der Waals surface area contributed by atoms with Crippen molar-refractivity contribution in [2.24, 2.45) is 11.3 Å². The highest BCUT2D eigenvalue weighted by Gasteiger charge is 2.61. The summed E-state index contributed by atoms with van der Waals surface area (Å²) in [6.07, 6.45) is 10.2. The lowest BCUT2D eigenvalue weighted by Crippen LogP contribution is -2.42. The highest BCUT2D eigenvalue weighted by Crippen LogP contribution is 2.63. The summed E-state index contributed by atoms with van der Waals surface area (Å²) in [7, 11) is 0. The minimum absolute atomic E-state index is 0.0967. The summed E-state index contributed by atoms with van der Waals surface area (Å²) in [6.45, 7) is 4.40. The molecule has 1 saturated carbocycles. The first-order valence-electron chi connectivity index (χ1n) is 6.15. The molecule has 3 rings (SSSR count). The maximum absolute atomic E-state index is 11.0. The van der Waals surface area contributed by atoms with Crippen molar-refractivity contribution in [2.45, 2.75) is 51.6 Å². The first-order chi connectivity index (χ1) is 7.07. The fourth-order valence-corrected chi connectivity index (χ4v) is 4.15. The van der Waals surface area contributed by atoms with Crippen LogP contribution in [0, 0.1) is 11.3 Å². The third-order valence-corrected chi connectivity index (χ3v) is 5.09. The van der Waals surface area contributed by atoms with Crippen LogP contribution in [0.5, 0.6) is 0 Å². The summed E-state index contributed by atoms with van der Waals surface area (Å²) in [5.41, 5.74) is 2.59. The van der Waals surface area contributed by atoms with Gasteiger partial charge in [-0.25, -0.2) is 0 Å². The molecule has 0 spiro atoms. The molecule has 1 heteroatoms. The fraction of sp³-hybridized carbons (Fsp3) is 0.714. The van der Waals surface area contributed by atoms with Gasteiger partial charge in [0.05, 0.1) is 5.60 Å². The highest BCUT2D eigenvalue weighted by molar-refractivity contribution is 5.35. The van der Waals surface area contributed by atoms with E-state index in [0.717, 1.165) is 19.3 Å². The third kappa shape index (κ3) is 1.02. The lowest BCUT2D eigenvalue weighted by atomic mass is 9.72. The molecule has 0 heterocycles. The van der Waals surface area contributed by atoms with Gasteiger partial charge in [0.1, 0.15) is 0 Å². The van der Waals surface area contributed by atoms with Crippen LogP contribution in [-0.4, -0.2) is 10.7 Å². The quantitative estimate of drug-likeness (QED) is 0.601. The van der Waals surface area contributed by atoms with Gasteiger partial charge in [-0.1, -0.05) is 23.3 Å². The molecular formula is C14H20O. The number of hydrogen-bond donors (Lipinski definition) is 1. The van der Waals surface area contributed by atoms with Crippen molar-refractivity contribution < 1.29 is 5.11 Å². The zero-order valence-electron chi connectivity index (χ0n) is 9.71. The predicted molar refractivity (Wildman–Crippen MR) is 61.5 cm³/mol. The van der Waals surface area contributed by atoms with Crippen molar-refractivity contribution in [3.63, 3.8) is 0 Å². The summed E-state index contributed by atoms with van der Waals surface area (Å²) >= 11 is 0. The largest absolute Gasteiger partial charge is 0.388 e. The SMILES string of the molecule is CC1=CC[C@]23C=C(C)[C@H](CC2)[C@@]3(O)CC1. The second-order valence-corrected chi connectivity index (χ2v) is 5.81. The summed E-state index contributed by atoms with van der Waals surface area (Å²) < 4.78 is 0. The van der Waals surface area contributed by atoms with E-state index in [9.17, 15) is 5.11 Å². The zero-order chi connectivity index (χ0) is 10.7. The van der Waals surface area contributed by atoms with E-state index >= 15 is 0 Å². The van der Waals surface area contributed by atoms with E-state index in [2.05, 4.69) is 26.0 Å². The molecule has 0 aromatic heterocycles. The number of hydrogen-bond acceptors (Lipinski definition) is 1. The number of allylic oxidation sites excluding steroid dienone is 2. The van der Waals surface area contributed by atoms with Crippen LogP contribution in [0.4, 0.5) is 0 Å². The maximum atomic E-state index is 11.0. The van der Waals surface area contributed by atoms with Gasteiger partial charge in [-0.3, -0.25) is 0 Å². The van der Waals surface area contributed by atoms with E-state index in [0.29, 0.717) is 5.92 Å². The van der Waals surface area contributed by atoms with Gasteiger partial charge in [0.25, 0.3) is 0 Å². The molecule has 1 fully saturated rings. The van der Waals surface area contributed by atoms with Crippen LogP contribution in [-0.2, 0) is 0 Å². The van der Waals surface area contributed by atoms with Crippen LogP contribution in [0.1, 0.15) is 46.0 Å². The monoisotopic (exact) mass is 204 g/mol. The Morgan fingerprint density at radius 1 is 1.33 bits per heavy atom. The molecule has 82 valence electrons. The van der Waals surface area contributed by atoms with E-state index in [-0.39, 0.29) is 5.41 Å². The van der Waals surface area contributed by atoms with Crippen LogP contribution in [0.3, 0.4) is 0 Å². The average molecular weight is 204 g/mol. The Morgan fingerprint density at radius 2 is 2.13 bits per heavy atom. The van der Waals surface area contributed by atoms with Crippen LogP contribution in [0.2, 0.25) is 0 Å². The third-order valence-electron chi connectivity index (χ3n) is 5.09. The molecule has 0 unspecified atom stereocenters. The van der Waals surface area contributed by atoms with Gasteiger partial charge < -0.3 is 5.11 Å². The Morgan fingerprint density at radius 3 is 2.87 bits per heavy atom. The molecule has 0 amide bonds. The van der Waals surface area contributed by atoms with E-state index < -0.39 is 5.60 Å². The minimum atomic E-state index is -0.411. The number of rotatable bonds is 0. The topological polar surface area (TPSA) is 20.2 Å². The zero-order valence-corrected chi connectivity index (χ0v) is 9.71. The second kappa shape index (κ2) is 2.76. The lowest BCUT2D eigenvalue weighted by Gasteiger charge is -2.37. The van der Waals surface area contributed by atoms with E-state index in [1.165, 1.54) is 24.0 Å².